The third kappa shape index (κ3) is 6.51. The zero-order chi connectivity index (χ0) is 18.4. The van der Waals surface area contributed by atoms with Gasteiger partial charge in [-0.2, -0.15) is 0 Å². The van der Waals surface area contributed by atoms with Gasteiger partial charge in [0, 0.05) is 25.6 Å². The number of halogens is 1. The van der Waals surface area contributed by atoms with Crippen LogP contribution in [0.3, 0.4) is 0 Å². The lowest BCUT2D eigenvalue weighted by atomic mass is 9.90. The van der Waals surface area contributed by atoms with Gasteiger partial charge in [0.05, 0.1) is 6.54 Å². The van der Waals surface area contributed by atoms with E-state index in [1.165, 1.54) is 5.56 Å². The average molecular weight is 394 g/mol. The van der Waals surface area contributed by atoms with Crippen LogP contribution in [0.1, 0.15) is 44.1 Å². The van der Waals surface area contributed by atoms with Gasteiger partial charge in [0.15, 0.2) is 0 Å². The fourth-order valence-electron chi connectivity index (χ4n) is 4.25. The molecule has 150 valence electrons. The first-order chi connectivity index (χ1) is 12.6. The minimum Gasteiger partial charge on any atom is -0.347 e. The molecule has 0 spiro atoms. The molecule has 1 aromatic carbocycles. The molecule has 3 rings (SSSR count). The van der Waals surface area contributed by atoms with E-state index in [9.17, 15) is 9.59 Å². The number of nitrogens with one attached hydrogen (secondary N) is 1. The molecular weight excluding hydrogens is 362 g/mol. The third-order valence-corrected chi connectivity index (χ3v) is 5.94. The van der Waals surface area contributed by atoms with Crippen LogP contribution in [-0.2, 0) is 16.0 Å². The average Bonchev–Trinajstić information content (AvgIpc) is 3.06. The highest BCUT2D eigenvalue weighted by Gasteiger charge is 2.27. The Bertz CT molecular complexity index is 603. The van der Waals surface area contributed by atoms with Gasteiger partial charge in [-0.1, -0.05) is 36.8 Å². The maximum atomic E-state index is 12.4. The zero-order valence-corrected chi connectivity index (χ0v) is 16.8. The summed E-state index contributed by atoms with van der Waals surface area (Å²) < 4.78 is 0. The van der Waals surface area contributed by atoms with Crippen molar-refractivity contribution in [2.75, 3.05) is 19.6 Å². The summed E-state index contributed by atoms with van der Waals surface area (Å²) in [6.07, 6.45) is 6.74. The lowest BCUT2D eigenvalue weighted by molar-refractivity contribution is -0.134. The van der Waals surface area contributed by atoms with Crippen LogP contribution in [0.25, 0.3) is 0 Å². The first-order valence-electron chi connectivity index (χ1n) is 9.96. The summed E-state index contributed by atoms with van der Waals surface area (Å²) in [4.78, 5) is 26.3. The third-order valence-electron chi connectivity index (χ3n) is 5.94. The highest BCUT2D eigenvalue weighted by Crippen LogP contribution is 2.26. The molecule has 1 aliphatic carbocycles. The second-order valence-corrected chi connectivity index (χ2v) is 7.85. The second-order valence-electron chi connectivity index (χ2n) is 7.85. The second kappa shape index (κ2) is 10.7. The van der Waals surface area contributed by atoms with Gasteiger partial charge in [0.2, 0.25) is 11.8 Å². The first kappa shape index (κ1) is 21.7. The topological polar surface area (TPSA) is 75.4 Å². The van der Waals surface area contributed by atoms with Crippen molar-refractivity contribution in [3.63, 3.8) is 0 Å². The molecule has 2 fully saturated rings. The van der Waals surface area contributed by atoms with E-state index in [1.54, 1.807) is 0 Å². The number of amides is 2. The van der Waals surface area contributed by atoms with E-state index < -0.39 is 0 Å². The van der Waals surface area contributed by atoms with Crippen molar-refractivity contribution in [2.24, 2.45) is 17.6 Å². The van der Waals surface area contributed by atoms with Gasteiger partial charge in [-0.15, -0.1) is 12.4 Å². The van der Waals surface area contributed by atoms with Crippen molar-refractivity contribution in [3.8, 4) is 0 Å². The summed E-state index contributed by atoms with van der Waals surface area (Å²) in [5, 5.41) is 2.79. The summed E-state index contributed by atoms with van der Waals surface area (Å²) in [5.74, 6) is 0.908. The van der Waals surface area contributed by atoms with Gasteiger partial charge in [-0.3, -0.25) is 9.59 Å². The van der Waals surface area contributed by atoms with Crippen LogP contribution in [0.4, 0.5) is 0 Å². The molecule has 6 heteroatoms. The number of benzene rings is 1. The molecule has 2 aliphatic rings. The summed E-state index contributed by atoms with van der Waals surface area (Å²) in [7, 11) is 0. The Morgan fingerprint density at radius 3 is 2.41 bits per heavy atom. The monoisotopic (exact) mass is 393 g/mol. The molecule has 2 atom stereocenters. The van der Waals surface area contributed by atoms with E-state index in [4.69, 9.17) is 5.73 Å². The SMILES string of the molecule is Cl.N[C@@H]1CCC[C@H]1CC(=O)NCC(=O)N1CCC(Cc2ccccc2)CC1. The van der Waals surface area contributed by atoms with Gasteiger partial charge < -0.3 is 16.0 Å². The fraction of sp³-hybridized carbons (Fsp3) is 0.619. The minimum atomic E-state index is -0.0420. The van der Waals surface area contributed by atoms with Crippen LogP contribution in [0.15, 0.2) is 30.3 Å². The van der Waals surface area contributed by atoms with Crippen molar-refractivity contribution in [1.29, 1.82) is 0 Å². The number of hydrogen-bond acceptors (Lipinski definition) is 3. The molecule has 0 radical (unpaired) electrons. The molecular formula is C21H32ClN3O2. The Balaban J connectivity index is 0.00000261. The Morgan fingerprint density at radius 2 is 1.78 bits per heavy atom. The van der Waals surface area contributed by atoms with Crippen LogP contribution < -0.4 is 11.1 Å². The highest BCUT2D eigenvalue weighted by atomic mass is 35.5. The lowest BCUT2D eigenvalue weighted by Gasteiger charge is -2.32. The maximum absolute atomic E-state index is 12.4. The first-order valence-corrected chi connectivity index (χ1v) is 9.96. The largest absolute Gasteiger partial charge is 0.347 e. The van der Waals surface area contributed by atoms with E-state index in [-0.39, 0.29) is 42.7 Å². The Hall–Kier alpha value is -1.59. The van der Waals surface area contributed by atoms with E-state index in [1.807, 2.05) is 11.0 Å². The molecule has 0 bridgehead atoms. The predicted molar refractivity (Wildman–Crippen MR) is 110 cm³/mol. The quantitative estimate of drug-likeness (QED) is 0.779. The zero-order valence-electron chi connectivity index (χ0n) is 15.9. The molecule has 1 heterocycles. The van der Waals surface area contributed by atoms with E-state index >= 15 is 0 Å². The predicted octanol–water partition coefficient (Wildman–Crippen LogP) is 2.52. The van der Waals surface area contributed by atoms with Gasteiger partial charge in [0.25, 0.3) is 0 Å². The van der Waals surface area contributed by atoms with Crippen LogP contribution in [0.2, 0.25) is 0 Å². The summed E-state index contributed by atoms with van der Waals surface area (Å²) >= 11 is 0. The number of likely N-dealkylation sites (tertiary alicyclic amines) is 1. The van der Waals surface area contributed by atoms with Gasteiger partial charge in [0.1, 0.15) is 0 Å². The van der Waals surface area contributed by atoms with Crippen LogP contribution >= 0.6 is 12.4 Å². The number of nitrogens with two attached hydrogens (primary N) is 1. The standard InChI is InChI=1S/C21H31N3O2.ClH/c22-19-8-4-7-18(19)14-20(25)23-15-21(26)24-11-9-17(10-12-24)13-16-5-2-1-3-6-16;/h1-3,5-6,17-19H,4,7-15,22H2,(H,23,25);1H/t18-,19+;/m0./s1. The molecule has 27 heavy (non-hydrogen) atoms. The van der Waals surface area contributed by atoms with Crippen molar-refractivity contribution in [1.82, 2.24) is 10.2 Å². The van der Waals surface area contributed by atoms with Crippen LogP contribution in [0, 0.1) is 11.8 Å². The summed E-state index contributed by atoms with van der Waals surface area (Å²) in [6.45, 7) is 1.70. The molecule has 3 N–H and O–H groups in total. The lowest BCUT2D eigenvalue weighted by Crippen LogP contribution is -2.44. The number of nitrogens with zero attached hydrogens (tertiary/aromatic N) is 1. The molecule has 2 amide bonds. The molecule has 1 aromatic rings. The molecule has 5 nitrogen and oxygen atoms in total. The normalized spacial score (nSPS) is 22.9. The number of carbonyl (C=O) groups is 2. The van der Waals surface area contributed by atoms with Crippen LogP contribution in [0.5, 0.6) is 0 Å². The smallest absolute Gasteiger partial charge is 0.241 e. The van der Waals surface area contributed by atoms with Gasteiger partial charge >= 0.3 is 0 Å². The number of carbonyl (C=O) groups excluding carboxylic acids is 2. The van der Waals surface area contributed by atoms with Crippen LogP contribution in [-0.4, -0.2) is 42.4 Å². The highest BCUT2D eigenvalue weighted by molar-refractivity contribution is 5.85. The number of piperidine rings is 1. The molecule has 0 unspecified atom stereocenters. The van der Waals surface area contributed by atoms with Gasteiger partial charge in [-0.05, 0) is 49.5 Å². The molecule has 1 saturated carbocycles. The Labute approximate surface area is 168 Å². The van der Waals surface area contributed by atoms with Crippen molar-refractivity contribution < 1.29 is 9.59 Å². The number of hydrogen-bond donors (Lipinski definition) is 2. The molecule has 1 aliphatic heterocycles. The van der Waals surface area contributed by atoms with E-state index in [2.05, 4.69) is 29.6 Å². The van der Waals surface area contributed by atoms with E-state index in [0.29, 0.717) is 12.3 Å². The van der Waals surface area contributed by atoms with Crippen molar-refractivity contribution in [3.05, 3.63) is 35.9 Å². The minimum absolute atomic E-state index is 0. The molecule has 1 saturated heterocycles. The Morgan fingerprint density at radius 1 is 1.07 bits per heavy atom. The number of rotatable bonds is 6. The van der Waals surface area contributed by atoms with Gasteiger partial charge in [-0.25, -0.2) is 0 Å². The van der Waals surface area contributed by atoms with Crippen molar-refractivity contribution >= 4 is 24.2 Å². The van der Waals surface area contributed by atoms with Crippen molar-refractivity contribution in [2.45, 2.75) is 51.0 Å². The summed E-state index contributed by atoms with van der Waals surface area (Å²) in [5.41, 5.74) is 7.38. The summed E-state index contributed by atoms with van der Waals surface area (Å²) in [6, 6.07) is 10.7. The van der Waals surface area contributed by atoms with E-state index in [0.717, 1.165) is 51.6 Å². The Kier molecular flexibility index (Phi) is 8.58. The fourth-order valence-corrected chi connectivity index (χ4v) is 4.25. The maximum Gasteiger partial charge on any atom is 0.241 e. The molecule has 0 aromatic heterocycles.